The first-order valence-corrected chi connectivity index (χ1v) is 2.40. The highest BCUT2D eigenvalue weighted by atomic mass is 35.5. The Bertz CT molecular complexity index is 78.2. The first kappa shape index (κ1) is 6.74. The van der Waals surface area contributed by atoms with E-state index in [1.54, 1.807) is 13.0 Å². The lowest BCUT2D eigenvalue weighted by molar-refractivity contribution is 0.154. The van der Waals surface area contributed by atoms with Crippen molar-refractivity contribution < 1.29 is 4.74 Å². The molecule has 0 amide bonds. The largest absolute Gasteiger partial charge is 0.350 e. The molecule has 0 N–H and O–H groups in total. The second-order valence-electron chi connectivity index (χ2n) is 0.900. The molecule has 7 heavy (non-hydrogen) atoms. The van der Waals surface area contributed by atoms with Crippen molar-refractivity contribution in [1.29, 1.82) is 5.26 Å². The van der Waals surface area contributed by atoms with Gasteiger partial charge in [-0.3, -0.25) is 0 Å². The summed E-state index contributed by atoms with van der Waals surface area (Å²) in [6.07, 6.45) is 0. The van der Waals surface area contributed by atoms with Crippen molar-refractivity contribution in [2.24, 2.45) is 0 Å². The zero-order chi connectivity index (χ0) is 5.70. The van der Waals surface area contributed by atoms with Crippen molar-refractivity contribution in [3.8, 4) is 6.07 Å². The van der Waals surface area contributed by atoms with Gasteiger partial charge in [0.25, 0.3) is 0 Å². The Hall–Kier alpha value is -0.260. The zero-order valence-electron chi connectivity index (χ0n) is 4.02. The average molecular weight is 120 g/mol. The maximum Gasteiger partial charge on any atom is 0.218 e. The van der Waals surface area contributed by atoms with E-state index in [4.69, 9.17) is 16.9 Å². The predicted molar refractivity (Wildman–Crippen MR) is 26.9 cm³/mol. The SMILES string of the molecule is CCOC(Cl)C#N. The van der Waals surface area contributed by atoms with Crippen LogP contribution in [0.25, 0.3) is 0 Å². The van der Waals surface area contributed by atoms with Crippen molar-refractivity contribution in [1.82, 2.24) is 0 Å². The molecule has 0 bridgehead atoms. The molecule has 1 unspecified atom stereocenters. The molecular weight excluding hydrogens is 114 g/mol. The van der Waals surface area contributed by atoms with Crippen LogP contribution >= 0.6 is 11.6 Å². The van der Waals surface area contributed by atoms with E-state index in [9.17, 15) is 0 Å². The highest BCUT2D eigenvalue weighted by Gasteiger charge is 1.95. The van der Waals surface area contributed by atoms with Gasteiger partial charge in [-0.15, -0.1) is 0 Å². The quantitative estimate of drug-likeness (QED) is 0.510. The zero-order valence-corrected chi connectivity index (χ0v) is 4.77. The molecule has 0 radical (unpaired) electrons. The van der Waals surface area contributed by atoms with Gasteiger partial charge in [-0.25, -0.2) is 0 Å². The van der Waals surface area contributed by atoms with E-state index in [2.05, 4.69) is 4.74 Å². The summed E-state index contributed by atoms with van der Waals surface area (Å²) < 4.78 is 4.60. The van der Waals surface area contributed by atoms with Gasteiger partial charge in [-0.2, -0.15) is 5.26 Å². The molecule has 0 aliphatic heterocycles. The smallest absolute Gasteiger partial charge is 0.218 e. The molecule has 0 saturated heterocycles. The highest BCUT2D eigenvalue weighted by Crippen LogP contribution is 1.92. The molecule has 0 saturated carbocycles. The van der Waals surface area contributed by atoms with E-state index < -0.39 is 5.56 Å². The molecule has 0 fully saturated rings. The summed E-state index contributed by atoms with van der Waals surface area (Å²) in [5, 5.41) is 7.96. The van der Waals surface area contributed by atoms with Crippen molar-refractivity contribution in [2.75, 3.05) is 6.61 Å². The maximum absolute atomic E-state index is 7.96. The van der Waals surface area contributed by atoms with E-state index in [-0.39, 0.29) is 0 Å². The van der Waals surface area contributed by atoms with Crippen molar-refractivity contribution in [3.05, 3.63) is 0 Å². The topological polar surface area (TPSA) is 33.0 Å². The summed E-state index contributed by atoms with van der Waals surface area (Å²) in [6, 6.07) is 1.71. The van der Waals surface area contributed by atoms with Gasteiger partial charge in [0.05, 0.1) is 0 Å². The monoisotopic (exact) mass is 119 g/mol. The fourth-order valence-electron chi connectivity index (χ4n) is 0.184. The minimum atomic E-state index is -0.773. The Morgan fingerprint density at radius 1 is 2.00 bits per heavy atom. The Morgan fingerprint density at radius 2 is 2.57 bits per heavy atom. The molecule has 2 nitrogen and oxygen atoms in total. The second kappa shape index (κ2) is 3.91. The number of rotatable bonds is 2. The van der Waals surface area contributed by atoms with Gasteiger partial charge in [0.15, 0.2) is 0 Å². The van der Waals surface area contributed by atoms with Gasteiger partial charge in [-0.05, 0) is 6.92 Å². The molecule has 0 rings (SSSR count). The van der Waals surface area contributed by atoms with Crippen LogP contribution < -0.4 is 0 Å². The van der Waals surface area contributed by atoms with Crippen LogP contribution in [0.2, 0.25) is 0 Å². The third kappa shape index (κ3) is 3.57. The minimum Gasteiger partial charge on any atom is -0.350 e. The standard InChI is InChI=1S/C4H6ClNO/c1-2-7-4(5)3-6/h4H,2H2,1H3. The van der Waals surface area contributed by atoms with Gasteiger partial charge in [-0.1, -0.05) is 11.6 Å². The summed E-state index contributed by atoms with van der Waals surface area (Å²) in [6.45, 7) is 2.27. The van der Waals surface area contributed by atoms with Crippen molar-refractivity contribution in [2.45, 2.75) is 12.5 Å². The van der Waals surface area contributed by atoms with E-state index in [1.807, 2.05) is 0 Å². The van der Waals surface area contributed by atoms with Crippen LogP contribution in [0.3, 0.4) is 0 Å². The molecule has 1 atom stereocenters. The normalized spacial score (nSPS) is 12.7. The Morgan fingerprint density at radius 3 is 2.71 bits per heavy atom. The molecule has 40 valence electrons. The van der Waals surface area contributed by atoms with E-state index >= 15 is 0 Å². The Balaban J connectivity index is 3.04. The predicted octanol–water partition coefficient (Wildman–Crippen LogP) is 1.11. The third-order valence-electron chi connectivity index (χ3n) is 0.414. The Labute approximate surface area is 47.6 Å². The van der Waals surface area contributed by atoms with Crippen LogP contribution in [0.5, 0.6) is 0 Å². The fraction of sp³-hybridized carbons (Fsp3) is 0.750. The summed E-state index contributed by atoms with van der Waals surface area (Å²) >= 11 is 5.18. The number of ether oxygens (including phenoxy) is 1. The minimum absolute atomic E-state index is 0.488. The van der Waals surface area contributed by atoms with Gasteiger partial charge >= 0.3 is 0 Å². The summed E-state index contributed by atoms with van der Waals surface area (Å²) in [7, 11) is 0. The average Bonchev–Trinajstić information content (AvgIpc) is 1.68. The van der Waals surface area contributed by atoms with Gasteiger partial charge < -0.3 is 4.74 Å². The second-order valence-corrected chi connectivity index (χ2v) is 1.30. The van der Waals surface area contributed by atoms with Crippen LogP contribution in [0.15, 0.2) is 0 Å². The van der Waals surface area contributed by atoms with Crippen molar-refractivity contribution in [3.63, 3.8) is 0 Å². The molecule has 0 aromatic heterocycles. The van der Waals surface area contributed by atoms with E-state index in [0.29, 0.717) is 6.61 Å². The lowest BCUT2D eigenvalue weighted by Gasteiger charge is -1.94. The van der Waals surface area contributed by atoms with E-state index in [1.165, 1.54) is 0 Å². The number of nitriles is 1. The third-order valence-corrected chi connectivity index (χ3v) is 0.638. The first-order chi connectivity index (χ1) is 3.31. The van der Waals surface area contributed by atoms with Gasteiger partial charge in [0, 0.05) is 6.61 Å². The van der Waals surface area contributed by atoms with E-state index in [0.717, 1.165) is 0 Å². The summed E-state index contributed by atoms with van der Waals surface area (Å²) in [5.41, 5.74) is -0.773. The van der Waals surface area contributed by atoms with Crippen LogP contribution in [0, 0.1) is 11.3 Å². The highest BCUT2D eigenvalue weighted by molar-refractivity contribution is 6.21. The Kier molecular flexibility index (Phi) is 3.77. The summed E-state index contributed by atoms with van der Waals surface area (Å²) in [5.74, 6) is 0. The molecule has 0 spiro atoms. The lowest BCUT2D eigenvalue weighted by Crippen LogP contribution is -1.99. The number of nitrogens with zero attached hydrogens (tertiary/aromatic N) is 1. The number of halogens is 1. The molecule has 0 aliphatic rings. The fourth-order valence-corrected chi connectivity index (χ4v) is 0.310. The maximum atomic E-state index is 7.96. The lowest BCUT2D eigenvalue weighted by atomic mass is 10.8. The number of hydrogen-bond acceptors (Lipinski definition) is 2. The van der Waals surface area contributed by atoms with Crippen LogP contribution in [-0.2, 0) is 4.74 Å². The number of alkyl halides is 1. The van der Waals surface area contributed by atoms with Gasteiger partial charge in [0.1, 0.15) is 6.07 Å². The molecule has 0 aromatic rings. The van der Waals surface area contributed by atoms with Gasteiger partial charge in [0.2, 0.25) is 5.56 Å². The van der Waals surface area contributed by atoms with Crippen LogP contribution in [0.4, 0.5) is 0 Å². The molecule has 0 heterocycles. The molecular formula is C4H6ClNO. The van der Waals surface area contributed by atoms with Crippen LogP contribution in [-0.4, -0.2) is 12.2 Å². The first-order valence-electron chi connectivity index (χ1n) is 1.96. The molecule has 0 aromatic carbocycles. The summed E-state index contributed by atoms with van der Waals surface area (Å²) in [4.78, 5) is 0. The molecule has 3 heteroatoms. The van der Waals surface area contributed by atoms with Crippen molar-refractivity contribution >= 4 is 11.6 Å². The number of hydrogen-bond donors (Lipinski definition) is 0. The van der Waals surface area contributed by atoms with Crippen LogP contribution in [0.1, 0.15) is 6.92 Å². The molecule has 0 aliphatic carbocycles.